The summed E-state index contributed by atoms with van der Waals surface area (Å²) in [5, 5.41) is 3.35. The molecule has 0 saturated carbocycles. The zero-order chi connectivity index (χ0) is 23.0. The average Bonchev–Trinajstić information content (AvgIpc) is 2.77. The molecule has 5 nitrogen and oxygen atoms in total. The van der Waals surface area contributed by atoms with E-state index in [4.69, 9.17) is 9.47 Å². The fourth-order valence-electron chi connectivity index (χ4n) is 4.83. The van der Waals surface area contributed by atoms with Crippen molar-refractivity contribution in [3.8, 4) is 16.9 Å². The van der Waals surface area contributed by atoms with E-state index in [9.17, 15) is 9.59 Å². The van der Waals surface area contributed by atoms with Crippen LogP contribution in [0.25, 0.3) is 11.1 Å². The molecular formula is C27H29NO4. The Hall–Kier alpha value is -3.34. The molecule has 0 bridgehead atoms. The largest absolute Gasteiger partial charge is 0.497 e. The minimum absolute atomic E-state index is 0.0810. The highest BCUT2D eigenvalue weighted by molar-refractivity contribution is 6.04. The first-order chi connectivity index (χ1) is 15.2. The summed E-state index contributed by atoms with van der Waals surface area (Å²) >= 11 is 0. The second kappa shape index (κ2) is 8.30. The van der Waals surface area contributed by atoms with E-state index in [1.54, 1.807) is 7.11 Å². The number of dihydropyridines is 1. The predicted octanol–water partition coefficient (Wildman–Crippen LogP) is 5.14. The van der Waals surface area contributed by atoms with Crippen LogP contribution >= 0.6 is 0 Å². The third-order valence-electron chi connectivity index (χ3n) is 6.29. The highest BCUT2D eigenvalue weighted by Crippen LogP contribution is 2.47. The summed E-state index contributed by atoms with van der Waals surface area (Å²) in [7, 11) is 3.02. The van der Waals surface area contributed by atoms with E-state index in [0.29, 0.717) is 17.6 Å². The van der Waals surface area contributed by atoms with Crippen LogP contribution in [0.2, 0.25) is 0 Å². The molecule has 1 heterocycles. The van der Waals surface area contributed by atoms with Crippen molar-refractivity contribution in [2.75, 3.05) is 14.2 Å². The topological polar surface area (TPSA) is 64.6 Å². The van der Waals surface area contributed by atoms with Crippen molar-refractivity contribution in [2.45, 2.75) is 39.5 Å². The van der Waals surface area contributed by atoms with Gasteiger partial charge >= 0.3 is 5.97 Å². The van der Waals surface area contributed by atoms with Gasteiger partial charge in [-0.15, -0.1) is 0 Å². The van der Waals surface area contributed by atoms with Crippen molar-refractivity contribution in [2.24, 2.45) is 5.41 Å². The van der Waals surface area contributed by atoms with E-state index < -0.39 is 11.9 Å². The van der Waals surface area contributed by atoms with Crippen LogP contribution in [0.1, 0.15) is 45.1 Å². The molecule has 5 heteroatoms. The van der Waals surface area contributed by atoms with E-state index in [1.807, 2.05) is 49.4 Å². The molecule has 1 aliphatic heterocycles. The lowest BCUT2D eigenvalue weighted by Gasteiger charge is -2.39. The van der Waals surface area contributed by atoms with Crippen LogP contribution in [0.5, 0.6) is 5.75 Å². The number of benzene rings is 2. The predicted molar refractivity (Wildman–Crippen MR) is 124 cm³/mol. The summed E-state index contributed by atoms with van der Waals surface area (Å²) < 4.78 is 10.4. The number of hydrogen-bond acceptors (Lipinski definition) is 5. The van der Waals surface area contributed by atoms with E-state index >= 15 is 0 Å². The first kappa shape index (κ1) is 21.9. The molecule has 0 saturated heterocycles. The summed E-state index contributed by atoms with van der Waals surface area (Å²) in [6.45, 7) is 6.08. The van der Waals surface area contributed by atoms with Crippen LogP contribution in [0.15, 0.2) is 71.1 Å². The number of rotatable bonds is 4. The molecule has 0 aromatic heterocycles. The Morgan fingerprint density at radius 3 is 2.41 bits per heavy atom. The van der Waals surface area contributed by atoms with Crippen LogP contribution in [-0.2, 0) is 14.3 Å². The van der Waals surface area contributed by atoms with E-state index in [-0.39, 0.29) is 11.2 Å². The van der Waals surface area contributed by atoms with Gasteiger partial charge in [0.2, 0.25) is 0 Å². The van der Waals surface area contributed by atoms with Crippen molar-refractivity contribution in [3.63, 3.8) is 0 Å². The minimum atomic E-state index is -0.458. The summed E-state index contributed by atoms with van der Waals surface area (Å²) in [4.78, 5) is 26.2. The zero-order valence-corrected chi connectivity index (χ0v) is 19.2. The van der Waals surface area contributed by atoms with Crippen LogP contribution < -0.4 is 10.1 Å². The van der Waals surface area contributed by atoms with Gasteiger partial charge in [0.15, 0.2) is 5.78 Å². The maximum Gasteiger partial charge on any atom is 0.336 e. The van der Waals surface area contributed by atoms with E-state index in [0.717, 1.165) is 40.3 Å². The summed E-state index contributed by atoms with van der Waals surface area (Å²) in [5.41, 5.74) is 5.65. The smallest absolute Gasteiger partial charge is 0.336 e. The molecule has 2 aromatic carbocycles. The molecule has 2 aromatic rings. The molecule has 1 aliphatic carbocycles. The van der Waals surface area contributed by atoms with Crippen LogP contribution in [0.4, 0.5) is 0 Å². The van der Waals surface area contributed by atoms with Gasteiger partial charge in [0.25, 0.3) is 0 Å². The Labute approximate surface area is 189 Å². The molecule has 32 heavy (non-hydrogen) atoms. The van der Waals surface area contributed by atoms with Crippen molar-refractivity contribution in [1.29, 1.82) is 0 Å². The first-order valence-electron chi connectivity index (χ1n) is 10.8. The number of carbonyl (C=O) groups is 2. The van der Waals surface area contributed by atoms with Crippen molar-refractivity contribution in [1.82, 2.24) is 5.32 Å². The van der Waals surface area contributed by atoms with Crippen molar-refractivity contribution in [3.05, 3.63) is 76.6 Å². The molecular weight excluding hydrogens is 402 g/mol. The van der Waals surface area contributed by atoms with Gasteiger partial charge in [-0.1, -0.05) is 50.2 Å². The summed E-state index contributed by atoms with van der Waals surface area (Å²) in [6, 6.07) is 15.9. The molecule has 166 valence electrons. The summed E-state index contributed by atoms with van der Waals surface area (Å²) in [6.07, 6.45) is 1.21. The van der Waals surface area contributed by atoms with Gasteiger partial charge in [-0.3, -0.25) is 4.79 Å². The monoisotopic (exact) mass is 431 g/mol. The second-order valence-corrected chi connectivity index (χ2v) is 9.28. The second-order valence-electron chi connectivity index (χ2n) is 9.28. The van der Waals surface area contributed by atoms with Gasteiger partial charge in [-0.2, -0.15) is 0 Å². The van der Waals surface area contributed by atoms with Gasteiger partial charge in [0.1, 0.15) is 5.75 Å². The van der Waals surface area contributed by atoms with Gasteiger partial charge in [-0.25, -0.2) is 4.79 Å². The van der Waals surface area contributed by atoms with Crippen molar-refractivity contribution < 1.29 is 19.1 Å². The number of allylic oxidation sites excluding steroid dienone is 3. The molecule has 0 radical (unpaired) electrons. The number of Topliss-reactive ketones (excluding diaryl/α,β-unsaturated/α-hetero) is 1. The number of nitrogens with one attached hydrogen (secondary N) is 1. The van der Waals surface area contributed by atoms with Crippen LogP contribution in [0, 0.1) is 5.41 Å². The fraction of sp³-hybridized carbons (Fsp3) is 0.333. The molecule has 0 spiro atoms. The van der Waals surface area contributed by atoms with Gasteiger partial charge in [0.05, 0.1) is 19.8 Å². The third-order valence-corrected chi connectivity index (χ3v) is 6.29. The minimum Gasteiger partial charge on any atom is -0.497 e. The van der Waals surface area contributed by atoms with Gasteiger partial charge in [-0.05, 0) is 47.6 Å². The third kappa shape index (κ3) is 3.95. The normalized spacial score (nSPS) is 19.9. The lowest BCUT2D eigenvalue weighted by Crippen LogP contribution is -2.38. The number of ketones is 1. The van der Waals surface area contributed by atoms with E-state index in [1.165, 1.54) is 7.11 Å². The SMILES string of the molecule is COC(=O)C1=C(C)NC2=C(C(=O)CC(C)(C)C2)C1c1cccc(-c2ccc(OC)cc2)c1. The maximum absolute atomic E-state index is 13.3. The van der Waals surface area contributed by atoms with Crippen molar-refractivity contribution >= 4 is 11.8 Å². The van der Waals surface area contributed by atoms with E-state index in [2.05, 4.69) is 25.2 Å². The first-order valence-corrected chi connectivity index (χ1v) is 10.8. The maximum atomic E-state index is 13.3. The average molecular weight is 432 g/mol. The number of ether oxygens (including phenoxy) is 2. The Morgan fingerprint density at radius 1 is 1.03 bits per heavy atom. The van der Waals surface area contributed by atoms with Gasteiger partial charge < -0.3 is 14.8 Å². The lowest BCUT2D eigenvalue weighted by atomic mass is 9.68. The lowest BCUT2D eigenvalue weighted by molar-refractivity contribution is -0.136. The van der Waals surface area contributed by atoms with Crippen LogP contribution in [0.3, 0.4) is 0 Å². The number of methoxy groups -OCH3 is 2. The standard InChI is InChI=1S/C27H29NO4/c1-16-23(26(30)32-5)24(25-21(28-16)14-27(2,3)15-22(25)29)19-8-6-7-18(13-19)17-9-11-20(31-4)12-10-17/h6-13,24,28H,14-15H2,1-5H3. The molecule has 1 unspecified atom stereocenters. The van der Waals surface area contributed by atoms with Gasteiger partial charge in [0, 0.05) is 29.3 Å². The number of hydrogen-bond donors (Lipinski definition) is 1. The quantitative estimate of drug-likeness (QED) is 0.679. The summed E-state index contributed by atoms with van der Waals surface area (Å²) in [5.74, 6) is -0.00274. The molecule has 4 rings (SSSR count). The molecule has 0 fully saturated rings. The fourth-order valence-corrected chi connectivity index (χ4v) is 4.83. The Bertz CT molecular complexity index is 1140. The molecule has 2 aliphatic rings. The Balaban J connectivity index is 1.85. The molecule has 1 N–H and O–H groups in total. The van der Waals surface area contributed by atoms with Crippen LogP contribution in [-0.4, -0.2) is 26.0 Å². The Kier molecular flexibility index (Phi) is 5.68. The highest BCUT2D eigenvalue weighted by atomic mass is 16.5. The molecule has 0 amide bonds. The highest BCUT2D eigenvalue weighted by Gasteiger charge is 2.43. The Morgan fingerprint density at radius 2 is 1.75 bits per heavy atom. The number of carbonyl (C=O) groups excluding carboxylic acids is 2. The molecule has 1 atom stereocenters. The zero-order valence-electron chi connectivity index (χ0n) is 19.2. The number of esters is 1.